The summed E-state index contributed by atoms with van der Waals surface area (Å²) in [5, 5.41) is 6.95. The van der Waals surface area contributed by atoms with Gasteiger partial charge in [0.25, 0.3) is 5.91 Å². The first-order valence-corrected chi connectivity index (χ1v) is 10.9. The predicted molar refractivity (Wildman–Crippen MR) is 120 cm³/mol. The first-order chi connectivity index (χ1) is 16.8. The second-order valence-corrected chi connectivity index (χ2v) is 8.26. The Morgan fingerprint density at radius 2 is 1.91 bits per heavy atom. The Kier molecular flexibility index (Phi) is 5.93. The van der Waals surface area contributed by atoms with Crippen molar-refractivity contribution >= 4 is 17.4 Å². The van der Waals surface area contributed by atoms with E-state index in [1.54, 1.807) is 18.2 Å². The molecule has 7 nitrogen and oxygen atoms in total. The number of imidazole rings is 1. The van der Waals surface area contributed by atoms with Crippen LogP contribution in [0.25, 0.3) is 16.9 Å². The van der Waals surface area contributed by atoms with Crippen molar-refractivity contribution in [2.45, 2.75) is 25.3 Å². The van der Waals surface area contributed by atoms with E-state index in [1.807, 2.05) is 4.90 Å². The van der Waals surface area contributed by atoms with Crippen molar-refractivity contribution in [3.63, 3.8) is 0 Å². The van der Waals surface area contributed by atoms with Gasteiger partial charge in [0.2, 0.25) is 0 Å². The Morgan fingerprint density at radius 3 is 2.69 bits per heavy atom. The number of benzene rings is 1. The van der Waals surface area contributed by atoms with Crippen LogP contribution >= 0.6 is 0 Å². The second-order valence-electron chi connectivity index (χ2n) is 8.26. The number of amides is 1. The number of hydrogen-bond acceptors (Lipinski definition) is 5. The van der Waals surface area contributed by atoms with Crippen LogP contribution in [0.2, 0.25) is 0 Å². The number of carbonyl (C=O) groups is 1. The molecule has 1 amide bonds. The molecule has 35 heavy (non-hydrogen) atoms. The third-order valence-electron chi connectivity index (χ3n) is 5.75. The lowest BCUT2D eigenvalue weighted by molar-refractivity contribution is -0.137. The maximum absolute atomic E-state index is 13.5. The summed E-state index contributed by atoms with van der Waals surface area (Å²) in [5.41, 5.74) is 0.150. The number of likely N-dealkylation sites (tertiary alicyclic amines) is 1. The average Bonchev–Trinajstić information content (AvgIpc) is 3.44. The van der Waals surface area contributed by atoms with Gasteiger partial charge in [-0.15, -0.1) is 0 Å². The molecule has 0 radical (unpaired) electrons. The van der Waals surface area contributed by atoms with Gasteiger partial charge in [0.1, 0.15) is 12.0 Å². The number of halogens is 4. The van der Waals surface area contributed by atoms with Crippen molar-refractivity contribution in [3.8, 4) is 11.3 Å². The number of carbonyl (C=O) groups excluding carboxylic acids is 1. The van der Waals surface area contributed by atoms with Crippen LogP contribution in [0.15, 0.2) is 60.8 Å². The lowest BCUT2D eigenvalue weighted by Gasteiger charge is -2.14. The monoisotopic (exact) mass is 484 g/mol. The van der Waals surface area contributed by atoms with Gasteiger partial charge in [0.05, 0.1) is 23.1 Å². The molecule has 1 aliphatic heterocycles. The van der Waals surface area contributed by atoms with Gasteiger partial charge in [-0.3, -0.25) is 9.69 Å². The first kappa shape index (κ1) is 22.9. The molecule has 0 spiro atoms. The van der Waals surface area contributed by atoms with Gasteiger partial charge in [-0.2, -0.15) is 18.3 Å². The summed E-state index contributed by atoms with van der Waals surface area (Å²) in [5.74, 6) is -0.280. The lowest BCUT2D eigenvalue weighted by Crippen LogP contribution is -2.21. The molecule has 11 heteroatoms. The highest BCUT2D eigenvalue weighted by molar-refractivity contribution is 6.02. The smallest absolute Gasteiger partial charge is 0.305 e. The number of pyridine rings is 1. The van der Waals surface area contributed by atoms with Crippen molar-refractivity contribution in [2.24, 2.45) is 0 Å². The molecule has 0 unspecified atom stereocenters. The van der Waals surface area contributed by atoms with Crippen LogP contribution in [0.5, 0.6) is 0 Å². The summed E-state index contributed by atoms with van der Waals surface area (Å²) in [6.45, 7) is 1.46. The molecular formula is C24H20F4N6O. The topological polar surface area (TPSA) is 75.4 Å². The number of rotatable bonds is 5. The normalized spacial score (nSPS) is 16.6. The molecule has 3 aromatic heterocycles. The molecule has 1 aliphatic rings. The summed E-state index contributed by atoms with van der Waals surface area (Å²) in [7, 11) is 0. The van der Waals surface area contributed by atoms with Gasteiger partial charge in [-0.05, 0) is 36.8 Å². The van der Waals surface area contributed by atoms with E-state index in [-0.39, 0.29) is 22.8 Å². The van der Waals surface area contributed by atoms with Crippen LogP contribution in [0.1, 0.15) is 28.2 Å². The van der Waals surface area contributed by atoms with E-state index in [2.05, 4.69) is 20.4 Å². The zero-order valence-electron chi connectivity index (χ0n) is 18.3. The Hall–Kier alpha value is -3.86. The van der Waals surface area contributed by atoms with Crippen molar-refractivity contribution < 1.29 is 22.4 Å². The van der Waals surface area contributed by atoms with Crippen LogP contribution in [0.4, 0.5) is 23.4 Å². The third kappa shape index (κ3) is 4.85. The van der Waals surface area contributed by atoms with E-state index in [1.165, 1.54) is 41.0 Å². The minimum Gasteiger partial charge on any atom is -0.305 e. The van der Waals surface area contributed by atoms with Crippen LogP contribution in [-0.4, -0.2) is 49.7 Å². The van der Waals surface area contributed by atoms with E-state index in [0.717, 1.165) is 6.07 Å². The second kappa shape index (κ2) is 9.06. The van der Waals surface area contributed by atoms with Crippen LogP contribution < -0.4 is 5.32 Å². The summed E-state index contributed by atoms with van der Waals surface area (Å²) >= 11 is 0. The Balaban J connectivity index is 1.40. The highest BCUT2D eigenvalue weighted by Gasteiger charge is 2.33. The number of nitrogens with one attached hydrogen (secondary N) is 1. The number of aromatic nitrogens is 4. The Bertz CT molecular complexity index is 1390. The van der Waals surface area contributed by atoms with Gasteiger partial charge < -0.3 is 5.32 Å². The van der Waals surface area contributed by atoms with Gasteiger partial charge in [-0.25, -0.2) is 18.9 Å². The quantitative estimate of drug-likeness (QED) is 0.419. The van der Waals surface area contributed by atoms with Crippen molar-refractivity contribution in [1.29, 1.82) is 0 Å². The number of nitrogens with zero attached hydrogens (tertiary/aromatic N) is 5. The highest BCUT2D eigenvalue weighted by atomic mass is 19.4. The number of anilines is 1. The minimum absolute atomic E-state index is 0.0401. The Morgan fingerprint density at radius 1 is 1.09 bits per heavy atom. The minimum atomic E-state index is -4.56. The van der Waals surface area contributed by atoms with Crippen molar-refractivity contribution in [1.82, 2.24) is 24.5 Å². The maximum atomic E-state index is 13.5. The van der Waals surface area contributed by atoms with Crippen molar-refractivity contribution in [3.05, 3.63) is 77.7 Å². The lowest BCUT2D eigenvalue weighted by atomic mass is 10.0. The standard InChI is InChI=1S/C24H20F4N6O/c25-15-10-11-33(13-15)14-16-4-3-7-21(30-16)31-23(35)20-12-29-22-9-8-19(32-34(20)22)17-5-1-2-6-18(17)24(26,27)28/h1-9,12,15H,10-11,13-14H2,(H,30,31,35)/t15-/m1/s1. The molecule has 180 valence electrons. The molecule has 1 saturated heterocycles. The zero-order valence-corrected chi connectivity index (χ0v) is 18.3. The van der Waals surface area contributed by atoms with Gasteiger partial charge in [-0.1, -0.05) is 24.3 Å². The summed E-state index contributed by atoms with van der Waals surface area (Å²) in [6.07, 6.45) is -3.60. The van der Waals surface area contributed by atoms with E-state index in [4.69, 9.17) is 0 Å². The average molecular weight is 484 g/mol. The fraction of sp³-hybridized carbons (Fsp3) is 0.250. The number of fused-ring (bicyclic) bond motifs is 1. The SMILES string of the molecule is O=C(Nc1cccc(CN2CC[C@@H](F)C2)n1)c1cnc2ccc(-c3ccccc3C(F)(F)F)nn12. The summed E-state index contributed by atoms with van der Waals surface area (Å²) < 4.78 is 55.1. The van der Waals surface area contributed by atoms with E-state index >= 15 is 0 Å². The molecule has 4 aromatic rings. The fourth-order valence-corrected chi connectivity index (χ4v) is 4.10. The number of alkyl halides is 4. The Labute approximate surface area is 197 Å². The highest BCUT2D eigenvalue weighted by Crippen LogP contribution is 2.36. The van der Waals surface area contributed by atoms with Gasteiger partial charge in [0, 0.05) is 25.2 Å². The molecule has 1 N–H and O–H groups in total. The van der Waals surface area contributed by atoms with Gasteiger partial charge >= 0.3 is 6.18 Å². The molecule has 1 atom stereocenters. The number of hydrogen-bond donors (Lipinski definition) is 1. The van der Waals surface area contributed by atoms with Crippen molar-refractivity contribution in [2.75, 3.05) is 18.4 Å². The maximum Gasteiger partial charge on any atom is 0.417 e. The van der Waals surface area contributed by atoms with E-state index in [0.29, 0.717) is 37.4 Å². The molecular weight excluding hydrogens is 464 g/mol. The van der Waals surface area contributed by atoms with Gasteiger partial charge in [0.15, 0.2) is 11.3 Å². The first-order valence-electron chi connectivity index (χ1n) is 10.9. The van der Waals surface area contributed by atoms with Crippen LogP contribution in [0.3, 0.4) is 0 Å². The molecule has 5 rings (SSSR count). The molecule has 0 aliphatic carbocycles. The fourth-order valence-electron chi connectivity index (χ4n) is 4.10. The molecule has 0 bridgehead atoms. The predicted octanol–water partition coefficient (Wildman–Crippen LogP) is 4.61. The molecule has 0 saturated carbocycles. The summed E-state index contributed by atoms with van der Waals surface area (Å²) in [6, 6.07) is 13.2. The van der Waals surface area contributed by atoms with E-state index < -0.39 is 23.8 Å². The molecule has 4 heterocycles. The summed E-state index contributed by atoms with van der Waals surface area (Å²) in [4.78, 5) is 23.5. The van der Waals surface area contributed by atoms with Crippen LogP contribution in [-0.2, 0) is 12.7 Å². The third-order valence-corrected chi connectivity index (χ3v) is 5.75. The van der Waals surface area contributed by atoms with E-state index in [9.17, 15) is 22.4 Å². The molecule has 1 aromatic carbocycles. The molecule has 1 fully saturated rings. The van der Waals surface area contributed by atoms with Crippen LogP contribution in [0, 0.1) is 0 Å². The largest absolute Gasteiger partial charge is 0.417 e. The zero-order chi connectivity index (χ0) is 24.6.